The molecule has 0 aliphatic carbocycles. The molecular formula is C10H6F5N3O. The highest BCUT2D eigenvalue weighted by Gasteiger charge is 2.31. The summed E-state index contributed by atoms with van der Waals surface area (Å²) in [6.45, 7) is 0. The minimum atomic E-state index is -4.63. The quantitative estimate of drug-likeness (QED) is 0.859. The molecular weight excluding hydrogens is 273 g/mol. The van der Waals surface area contributed by atoms with Gasteiger partial charge in [-0.25, -0.2) is 23.2 Å². The number of benzene rings is 1. The second kappa shape index (κ2) is 4.48. The van der Waals surface area contributed by atoms with Gasteiger partial charge in [-0.2, -0.15) is 18.3 Å². The Hall–Kier alpha value is -2.19. The Morgan fingerprint density at radius 1 is 1.26 bits per heavy atom. The van der Waals surface area contributed by atoms with Crippen LogP contribution in [0.4, 0.5) is 22.0 Å². The van der Waals surface area contributed by atoms with Crippen molar-refractivity contribution in [2.75, 3.05) is 0 Å². The number of nitrogens with one attached hydrogen (secondary N) is 1. The van der Waals surface area contributed by atoms with Gasteiger partial charge in [-0.15, -0.1) is 0 Å². The van der Waals surface area contributed by atoms with E-state index in [9.17, 15) is 26.7 Å². The van der Waals surface area contributed by atoms with Crippen LogP contribution >= 0.6 is 0 Å². The SMILES string of the molecule is O=c1[nH]nc(C(F)F)n1-c1cccc(C(F)(F)F)c1. The fourth-order valence-corrected chi connectivity index (χ4v) is 1.53. The Morgan fingerprint density at radius 3 is 2.53 bits per heavy atom. The van der Waals surface area contributed by atoms with E-state index >= 15 is 0 Å². The maximum absolute atomic E-state index is 12.6. The van der Waals surface area contributed by atoms with Gasteiger partial charge in [-0.05, 0) is 18.2 Å². The molecule has 1 heterocycles. The second-order valence-corrected chi connectivity index (χ2v) is 3.57. The lowest BCUT2D eigenvalue weighted by molar-refractivity contribution is -0.137. The number of rotatable bonds is 2. The van der Waals surface area contributed by atoms with Crippen LogP contribution in [0.25, 0.3) is 5.69 Å². The van der Waals surface area contributed by atoms with Crippen LogP contribution in [-0.4, -0.2) is 14.8 Å². The van der Waals surface area contributed by atoms with Crippen molar-refractivity contribution in [1.82, 2.24) is 14.8 Å². The third kappa shape index (κ3) is 2.49. The van der Waals surface area contributed by atoms with Gasteiger partial charge < -0.3 is 0 Å². The van der Waals surface area contributed by atoms with Crippen LogP contribution in [0.1, 0.15) is 17.8 Å². The first kappa shape index (κ1) is 13.2. The Kier molecular flexibility index (Phi) is 3.13. The van der Waals surface area contributed by atoms with Crippen molar-refractivity contribution in [2.45, 2.75) is 12.6 Å². The van der Waals surface area contributed by atoms with E-state index < -0.39 is 29.7 Å². The topological polar surface area (TPSA) is 50.7 Å². The molecule has 0 bridgehead atoms. The first-order chi connectivity index (χ1) is 8.80. The summed E-state index contributed by atoms with van der Waals surface area (Å²) in [5, 5.41) is 4.85. The molecule has 0 saturated carbocycles. The van der Waals surface area contributed by atoms with Gasteiger partial charge in [0.1, 0.15) is 0 Å². The van der Waals surface area contributed by atoms with Crippen LogP contribution in [0.3, 0.4) is 0 Å². The average molecular weight is 279 g/mol. The number of hydrogen-bond donors (Lipinski definition) is 1. The predicted octanol–water partition coefficient (Wildman–Crippen LogP) is 2.52. The summed E-state index contributed by atoms with van der Waals surface area (Å²) in [4.78, 5) is 11.3. The third-order valence-corrected chi connectivity index (χ3v) is 2.33. The van der Waals surface area contributed by atoms with E-state index in [0.29, 0.717) is 10.6 Å². The van der Waals surface area contributed by atoms with E-state index in [1.807, 2.05) is 0 Å². The van der Waals surface area contributed by atoms with Gasteiger partial charge >= 0.3 is 11.9 Å². The lowest BCUT2D eigenvalue weighted by Crippen LogP contribution is -2.18. The molecule has 0 aliphatic rings. The summed E-state index contributed by atoms with van der Waals surface area (Å²) in [5.74, 6) is -0.940. The number of aromatic amines is 1. The number of aromatic nitrogens is 3. The van der Waals surface area contributed by atoms with Gasteiger partial charge in [-0.1, -0.05) is 6.07 Å². The number of halogens is 5. The van der Waals surface area contributed by atoms with Crippen molar-refractivity contribution in [3.8, 4) is 5.69 Å². The maximum atomic E-state index is 12.6. The van der Waals surface area contributed by atoms with Crippen LogP contribution in [0, 0.1) is 0 Å². The molecule has 0 atom stereocenters. The van der Waals surface area contributed by atoms with Crippen molar-refractivity contribution in [1.29, 1.82) is 0 Å². The number of H-pyrrole nitrogens is 1. The molecule has 1 aromatic heterocycles. The van der Waals surface area contributed by atoms with Gasteiger partial charge in [0.05, 0.1) is 11.3 Å². The molecule has 0 radical (unpaired) electrons. The minimum Gasteiger partial charge on any atom is -0.246 e. The van der Waals surface area contributed by atoms with Gasteiger partial charge in [0.2, 0.25) is 5.82 Å². The van der Waals surface area contributed by atoms with Crippen LogP contribution in [0.5, 0.6) is 0 Å². The fraction of sp³-hybridized carbons (Fsp3) is 0.200. The molecule has 1 N–H and O–H groups in total. The molecule has 0 saturated heterocycles. The van der Waals surface area contributed by atoms with E-state index in [-0.39, 0.29) is 5.69 Å². The highest BCUT2D eigenvalue weighted by Crippen LogP contribution is 2.30. The summed E-state index contributed by atoms with van der Waals surface area (Å²) < 4.78 is 63.1. The van der Waals surface area contributed by atoms with E-state index in [1.165, 1.54) is 0 Å². The van der Waals surface area contributed by atoms with Crippen LogP contribution in [-0.2, 0) is 6.18 Å². The van der Waals surface area contributed by atoms with Crippen LogP contribution in [0.2, 0.25) is 0 Å². The molecule has 9 heteroatoms. The van der Waals surface area contributed by atoms with Crippen molar-refractivity contribution < 1.29 is 22.0 Å². The second-order valence-electron chi connectivity index (χ2n) is 3.57. The summed E-state index contributed by atoms with van der Waals surface area (Å²) in [7, 11) is 0. The third-order valence-electron chi connectivity index (χ3n) is 2.33. The Labute approximate surface area is 102 Å². The monoisotopic (exact) mass is 279 g/mol. The van der Waals surface area contributed by atoms with Gasteiger partial charge in [0.25, 0.3) is 6.43 Å². The lowest BCUT2D eigenvalue weighted by Gasteiger charge is -2.09. The smallest absolute Gasteiger partial charge is 0.246 e. The van der Waals surface area contributed by atoms with Crippen LogP contribution in [0.15, 0.2) is 29.1 Å². The lowest BCUT2D eigenvalue weighted by atomic mass is 10.2. The molecule has 0 spiro atoms. The maximum Gasteiger partial charge on any atom is 0.416 e. The van der Waals surface area contributed by atoms with Gasteiger partial charge in [0.15, 0.2) is 0 Å². The summed E-state index contributed by atoms with van der Waals surface area (Å²) in [6, 6.07) is 3.50. The zero-order valence-electron chi connectivity index (χ0n) is 9.08. The predicted molar refractivity (Wildman–Crippen MR) is 54.1 cm³/mol. The van der Waals surface area contributed by atoms with E-state index in [4.69, 9.17) is 0 Å². The normalized spacial score (nSPS) is 12.1. The molecule has 0 aliphatic heterocycles. The number of alkyl halides is 5. The fourth-order valence-electron chi connectivity index (χ4n) is 1.53. The Balaban J connectivity index is 2.60. The molecule has 0 unspecified atom stereocenters. The van der Waals surface area contributed by atoms with Crippen molar-refractivity contribution in [3.05, 3.63) is 46.1 Å². The van der Waals surface area contributed by atoms with Gasteiger partial charge in [-0.3, -0.25) is 0 Å². The van der Waals surface area contributed by atoms with Crippen LogP contribution < -0.4 is 5.69 Å². The highest BCUT2D eigenvalue weighted by atomic mass is 19.4. The summed E-state index contributed by atoms with van der Waals surface area (Å²) >= 11 is 0. The molecule has 0 fully saturated rings. The van der Waals surface area contributed by atoms with Crippen molar-refractivity contribution >= 4 is 0 Å². The first-order valence-corrected chi connectivity index (χ1v) is 4.94. The molecule has 0 amide bonds. The minimum absolute atomic E-state index is 0.330. The molecule has 1 aromatic carbocycles. The summed E-state index contributed by atoms with van der Waals surface area (Å²) in [6.07, 6.45) is -7.72. The van der Waals surface area contributed by atoms with Gasteiger partial charge in [0, 0.05) is 0 Å². The zero-order chi connectivity index (χ0) is 14.2. The Morgan fingerprint density at radius 2 is 1.95 bits per heavy atom. The average Bonchev–Trinajstić information content (AvgIpc) is 2.70. The molecule has 4 nitrogen and oxygen atoms in total. The molecule has 102 valence electrons. The van der Waals surface area contributed by atoms with Crippen molar-refractivity contribution in [3.63, 3.8) is 0 Å². The summed E-state index contributed by atoms with van der Waals surface area (Å²) in [5.41, 5.74) is -2.41. The highest BCUT2D eigenvalue weighted by molar-refractivity contribution is 5.37. The Bertz CT molecular complexity index is 643. The van der Waals surface area contributed by atoms with E-state index in [0.717, 1.165) is 18.2 Å². The molecule has 2 aromatic rings. The number of hydrogen-bond acceptors (Lipinski definition) is 2. The standard InChI is InChI=1S/C10H6F5N3O/c11-7(12)8-16-17-9(19)18(8)6-3-1-2-5(4-6)10(13,14)15/h1-4,7H,(H,17,19). The van der Waals surface area contributed by atoms with E-state index in [1.54, 1.807) is 5.10 Å². The first-order valence-electron chi connectivity index (χ1n) is 4.94. The van der Waals surface area contributed by atoms with E-state index in [2.05, 4.69) is 5.10 Å². The molecule has 2 rings (SSSR count). The molecule has 19 heavy (non-hydrogen) atoms. The van der Waals surface area contributed by atoms with Crippen molar-refractivity contribution in [2.24, 2.45) is 0 Å². The largest absolute Gasteiger partial charge is 0.416 e. The number of nitrogens with zero attached hydrogens (tertiary/aromatic N) is 2. The zero-order valence-corrected chi connectivity index (χ0v) is 9.08.